The topological polar surface area (TPSA) is 70.4 Å². The molecule has 1 aromatic rings. The van der Waals surface area contributed by atoms with E-state index in [0.717, 1.165) is 5.69 Å². The van der Waals surface area contributed by atoms with Gasteiger partial charge in [-0.2, -0.15) is 5.26 Å². The van der Waals surface area contributed by atoms with E-state index in [1.54, 1.807) is 23.1 Å². The van der Waals surface area contributed by atoms with Crippen molar-refractivity contribution in [1.29, 1.82) is 5.26 Å². The number of anilines is 1. The van der Waals surface area contributed by atoms with Crippen molar-refractivity contribution in [3.05, 3.63) is 29.8 Å². The summed E-state index contributed by atoms with van der Waals surface area (Å²) in [6.45, 7) is 3.86. The summed E-state index contributed by atoms with van der Waals surface area (Å²) in [7, 11) is 1.34. The number of thioether (sulfide) groups is 1. The third kappa shape index (κ3) is 5.41. The van der Waals surface area contributed by atoms with Gasteiger partial charge >= 0.3 is 5.97 Å². The van der Waals surface area contributed by atoms with Crippen LogP contribution in [0.5, 0.6) is 0 Å². The molecule has 0 aromatic heterocycles. The predicted molar refractivity (Wildman–Crippen MR) is 87.7 cm³/mol. The standard InChI is InChI=1S/C16H20N2O3S/c1-12(2)18(14-6-4-5-13(9-14)10-17)15(19)7-8-22-11-16(20)21-3/h4-6,9,12H,7-8,11H2,1-3H3. The number of methoxy groups -OCH3 is 1. The Morgan fingerprint density at radius 2 is 2.14 bits per heavy atom. The molecular weight excluding hydrogens is 300 g/mol. The van der Waals surface area contributed by atoms with Crippen LogP contribution in [0.1, 0.15) is 25.8 Å². The van der Waals surface area contributed by atoms with E-state index in [2.05, 4.69) is 10.8 Å². The summed E-state index contributed by atoms with van der Waals surface area (Å²) >= 11 is 1.37. The van der Waals surface area contributed by atoms with E-state index in [9.17, 15) is 9.59 Å². The molecule has 1 aromatic carbocycles. The average Bonchev–Trinajstić information content (AvgIpc) is 2.51. The number of rotatable bonds is 7. The van der Waals surface area contributed by atoms with E-state index in [4.69, 9.17) is 5.26 Å². The Morgan fingerprint density at radius 1 is 1.41 bits per heavy atom. The van der Waals surface area contributed by atoms with Crippen molar-refractivity contribution in [2.45, 2.75) is 26.3 Å². The summed E-state index contributed by atoms with van der Waals surface area (Å²) < 4.78 is 4.55. The lowest BCUT2D eigenvalue weighted by molar-refractivity contribution is -0.137. The number of hydrogen-bond acceptors (Lipinski definition) is 5. The number of nitriles is 1. The van der Waals surface area contributed by atoms with Crippen LogP contribution in [0.25, 0.3) is 0 Å². The summed E-state index contributed by atoms with van der Waals surface area (Å²) in [4.78, 5) is 25.1. The number of carbonyl (C=O) groups is 2. The SMILES string of the molecule is COC(=O)CSCCC(=O)N(c1cccc(C#N)c1)C(C)C. The van der Waals surface area contributed by atoms with Gasteiger partial charge in [0.15, 0.2) is 0 Å². The average molecular weight is 320 g/mol. The fourth-order valence-corrected chi connectivity index (χ4v) is 2.70. The molecule has 0 aliphatic carbocycles. The van der Waals surface area contributed by atoms with Crippen LogP contribution in [0.15, 0.2) is 24.3 Å². The molecule has 0 unspecified atom stereocenters. The van der Waals surface area contributed by atoms with E-state index < -0.39 is 0 Å². The maximum atomic E-state index is 12.4. The minimum Gasteiger partial charge on any atom is -0.468 e. The molecule has 0 N–H and O–H groups in total. The van der Waals surface area contributed by atoms with Gasteiger partial charge in [0, 0.05) is 23.9 Å². The lowest BCUT2D eigenvalue weighted by atomic mass is 10.1. The molecule has 0 aliphatic heterocycles. The van der Waals surface area contributed by atoms with Gasteiger partial charge in [-0.1, -0.05) is 6.07 Å². The van der Waals surface area contributed by atoms with Gasteiger partial charge in [0.25, 0.3) is 0 Å². The Kier molecular flexibility index (Phi) is 7.47. The van der Waals surface area contributed by atoms with Crippen molar-refractivity contribution in [2.24, 2.45) is 0 Å². The number of amides is 1. The van der Waals surface area contributed by atoms with E-state index >= 15 is 0 Å². The van der Waals surface area contributed by atoms with E-state index in [0.29, 0.717) is 17.7 Å². The normalized spacial score (nSPS) is 10.1. The summed E-state index contributed by atoms with van der Waals surface area (Å²) in [5.74, 6) is 0.479. The number of hydrogen-bond donors (Lipinski definition) is 0. The molecule has 1 amide bonds. The molecule has 0 heterocycles. The first-order valence-corrected chi connectivity index (χ1v) is 8.11. The van der Waals surface area contributed by atoms with Crippen molar-refractivity contribution in [3.63, 3.8) is 0 Å². The van der Waals surface area contributed by atoms with Gasteiger partial charge in [0.1, 0.15) is 0 Å². The fraction of sp³-hybridized carbons (Fsp3) is 0.438. The molecule has 22 heavy (non-hydrogen) atoms. The van der Waals surface area contributed by atoms with Gasteiger partial charge in [-0.3, -0.25) is 9.59 Å². The van der Waals surface area contributed by atoms with Gasteiger partial charge in [-0.25, -0.2) is 0 Å². The van der Waals surface area contributed by atoms with Gasteiger partial charge in [-0.05, 0) is 32.0 Å². The predicted octanol–water partition coefficient (Wildman–Crippen LogP) is 2.60. The smallest absolute Gasteiger partial charge is 0.315 e. The molecule has 1 rings (SSSR count). The molecule has 0 fully saturated rings. The number of nitrogens with zero attached hydrogens (tertiary/aromatic N) is 2. The Bertz CT molecular complexity index is 567. The molecule has 0 atom stereocenters. The van der Waals surface area contributed by atoms with E-state index in [1.807, 2.05) is 19.9 Å². The lowest BCUT2D eigenvalue weighted by Crippen LogP contribution is -2.37. The van der Waals surface area contributed by atoms with Crippen molar-refractivity contribution in [1.82, 2.24) is 0 Å². The summed E-state index contributed by atoms with van der Waals surface area (Å²) in [6, 6.07) is 9.07. The lowest BCUT2D eigenvalue weighted by Gasteiger charge is -2.27. The van der Waals surface area contributed by atoms with Crippen LogP contribution >= 0.6 is 11.8 Å². The highest BCUT2D eigenvalue weighted by Gasteiger charge is 2.19. The van der Waals surface area contributed by atoms with Crippen LogP contribution in [0, 0.1) is 11.3 Å². The van der Waals surface area contributed by atoms with Gasteiger partial charge in [0.05, 0.1) is 24.5 Å². The quantitative estimate of drug-likeness (QED) is 0.570. The summed E-state index contributed by atoms with van der Waals surface area (Å²) in [5.41, 5.74) is 1.24. The van der Waals surface area contributed by atoms with Crippen LogP contribution in [-0.4, -0.2) is 36.5 Å². The Balaban J connectivity index is 2.68. The van der Waals surface area contributed by atoms with Crippen molar-refractivity contribution < 1.29 is 14.3 Å². The monoisotopic (exact) mass is 320 g/mol. The highest BCUT2D eigenvalue weighted by atomic mass is 32.2. The zero-order valence-electron chi connectivity index (χ0n) is 13.0. The van der Waals surface area contributed by atoms with Crippen LogP contribution < -0.4 is 4.90 Å². The number of benzene rings is 1. The second-order valence-corrected chi connectivity index (χ2v) is 6.00. The zero-order chi connectivity index (χ0) is 16.5. The molecule has 6 heteroatoms. The highest BCUT2D eigenvalue weighted by Crippen LogP contribution is 2.20. The molecule has 0 radical (unpaired) electrons. The Hall–Kier alpha value is -2.00. The Morgan fingerprint density at radius 3 is 2.73 bits per heavy atom. The van der Waals surface area contributed by atoms with Crippen LogP contribution in [0.4, 0.5) is 5.69 Å². The van der Waals surface area contributed by atoms with E-state index in [-0.39, 0.29) is 23.7 Å². The third-order valence-electron chi connectivity index (χ3n) is 2.95. The maximum absolute atomic E-state index is 12.4. The number of carbonyl (C=O) groups excluding carboxylic acids is 2. The molecule has 118 valence electrons. The summed E-state index contributed by atoms with van der Waals surface area (Å²) in [6.07, 6.45) is 0.330. The van der Waals surface area contributed by atoms with Crippen molar-refractivity contribution in [3.8, 4) is 6.07 Å². The largest absolute Gasteiger partial charge is 0.468 e. The second kappa shape index (κ2) is 9.11. The second-order valence-electron chi connectivity index (χ2n) is 4.90. The van der Waals surface area contributed by atoms with E-state index in [1.165, 1.54) is 18.9 Å². The molecular formula is C16H20N2O3S. The molecule has 0 saturated carbocycles. The van der Waals surface area contributed by atoms with Gasteiger partial charge < -0.3 is 9.64 Å². The maximum Gasteiger partial charge on any atom is 0.315 e. The first-order chi connectivity index (χ1) is 10.5. The molecule has 0 saturated heterocycles. The fourth-order valence-electron chi connectivity index (χ4n) is 1.95. The number of ether oxygens (including phenoxy) is 1. The van der Waals surface area contributed by atoms with Crippen molar-refractivity contribution >= 4 is 29.3 Å². The van der Waals surface area contributed by atoms with Gasteiger partial charge in [-0.15, -0.1) is 11.8 Å². The van der Waals surface area contributed by atoms with Crippen LogP contribution in [0.3, 0.4) is 0 Å². The first-order valence-electron chi connectivity index (χ1n) is 6.96. The molecule has 5 nitrogen and oxygen atoms in total. The third-order valence-corrected chi connectivity index (χ3v) is 3.88. The summed E-state index contributed by atoms with van der Waals surface area (Å²) in [5, 5.41) is 8.97. The van der Waals surface area contributed by atoms with Crippen LogP contribution in [-0.2, 0) is 14.3 Å². The zero-order valence-corrected chi connectivity index (χ0v) is 13.9. The minimum absolute atomic E-state index is 0.00736. The van der Waals surface area contributed by atoms with Gasteiger partial charge in [0.2, 0.25) is 5.91 Å². The number of esters is 1. The minimum atomic E-state index is -0.292. The van der Waals surface area contributed by atoms with Crippen LogP contribution in [0.2, 0.25) is 0 Å². The highest BCUT2D eigenvalue weighted by molar-refractivity contribution is 7.99. The molecule has 0 bridgehead atoms. The molecule has 0 aliphatic rings. The van der Waals surface area contributed by atoms with Crippen molar-refractivity contribution in [2.75, 3.05) is 23.5 Å². The Labute approximate surface area is 135 Å². The molecule has 0 spiro atoms. The first kappa shape index (κ1) is 18.1.